The normalized spacial score (nSPS) is 26.8. The molecule has 100 valence electrons. The van der Waals surface area contributed by atoms with Crippen LogP contribution in [0.2, 0.25) is 0 Å². The van der Waals surface area contributed by atoms with E-state index in [0.29, 0.717) is 12.5 Å². The fraction of sp³-hybridized carbons (Fsp3) is 0.667. The minimum absolute atomic E-state index is 0.136. The summed E-state index contributed by atoms with van der Waals surface area (Å²) in [6.07, 6.45) is 3.60. The SMILES string of the molecule is C[C@@H]1CCCC(C)(C)C1C(=O)NCc1cccs1. The first-order valence-corrected chi connectivity index (χ1v) is 7.69. The van der Waals surface area contributed by atoms with Gasteiger partial charge in [0.05, 0.1) is 6.54 Å². The summed E-state index contributed by atoms with van der Waals surface area (Å²) in [4.78, 5) is 13.6. The largest absolute Gasteiger partial charge is 0.351 e. The Hall–Kier alpha value is -0.830. The molecular weight excluding hydrogens is 242 g/mol. The summed E-state index contributed by atoms with van der Waals surface area (Å²) in [5.74, 6) is 0.892. The summed E-state index contributed by atoms with van der Waals surface area (Å²) < 4.78 is 0. The minimum atomic E-state index is 0.136. The van der Waals surface area contributed by atoms with Gasteiger partial charge < -0.3 is 5.32 Å². The summed E-state index contributed by atoms with van der Waals surface area (Å²) in [6, 6.07) is 4.10. The number of hydrogen-bond acceptors (Lipinski definition) is 2. The molecule has 0 saturated heterocycles. The minimum Gasteiger partial charge on any atom is -0.351 e. The van der Waals surface area contributed by atoms with E-state index in [9.17, 15) is 4.79 Å². The lowest BCUT2D eigenvalue weighted by Crippen LogP contribution is -2.44. The third kappa shape index (κ3) is 2.94. The smallest absolute Gasteiger partial charge is 0.224 e. The topological polar surface area (TPSA) is 29.1 Å². The maximum atomic E-state index is 12.4. The van der Waals surface area contributed by atoms with E-state index in [4.69, 9.17) is 0 Å². The zero-order chi connectivity index (χ0) is 13.2. The van der Waals surface area contributed by atoms with Crippen LogP contribution in [0.3, 0.4) is 0 Å². The van der Waals surface area contributed by atoms with Gasteiger partial charge in [0.15, 0.2) is 0 Å². The Morgan fingerprint density at radius 2 is 2.33 bits per heavy atom. The van der Waals surface area contributed by atoms with E-state index in [2.05, 4.69) is 37.5 Å². The van der Waals surface area contributed by atoms with Gasteiger partial charge in [0.25, 0.3) is 0 Å². The molecule has 2 nitrogen and oxygen atoms in total. The molecule has 1 aliphatic rings. The fourth-order valence-electron chi connectivity index (χ4n) is 3.28. The fourth-order valence-corrected chi connectivity index (χ4v) is 3.93. The zero-order valence-electron chi connectivity index (χ0n) is 11.5. The van der Waals surface area contributed by atoms with E-state index in [-0.39, 0.29) is 17.2 Å². The zero-order valence-corrected chi connectivity index (χ0v) is 12.3. The molecule has 1 amide bonds. The van der Waals surface area contributed by atoms with Crippen molar-refractivity contribution in [1.29, 1.82) is 0 Å². The molecule has 0 aromatic carbocycles. The van der Waals surface area contributed by atoms with Gasteiger partial charge in [-0.1, -0.05) is 33.3 Å². The molecular formula is C15H23NOS. The first kappa shape index (κ1) is 13.6. The molecule has 1 heterocycles. The molecule has 0 bridgehead atoms. The number of hydrogen-bond donors (Lipinski definition) is 1. The summed E-state index contributed by atoms with van der Waals surface area (Å²) in [7, 11) is 0. The van der Waals surface area contributed by atoms with Crippen molar-refractivity contribution in [2.45, 2.75) is 46.6 Å². The van der Waals surface area contributed by atoms with Gasteiger partial charge in [-0.15, -0.1) is 11.3 Å². The van der Waals surface area contributed by atoms with Gasteiger partial charge in [0.2, 0.25) is 5.91 Å². The van der Waals surface area contributed by atoms with Crippen LogP contribution in [0.4, 0.5) is 0 Å². The van der Waals surface area contributed by atoms with Crippen LogP contribution in [0.15, 0.2) is 17.5 Å². The molecule has 0 spiro atoms. The van der Waals surface area contributed by atoms with E-state index in [1.807, 2.05) is 6.07 Å². The Kier molecular flexibility index (Phi) is 4.10. The second kappa shape index (κ2) is 5.43. The molecule has 1 saturated carbocycles. The second-order valence-corrected chi connectivity index (χ2v) is 7.17. The first-order valence-electron chi connectivity index (χ1n) is 6.81. The molecule has 2 rings (SSSR count). The second-order valence-electron chi connectivity index (χ2n) is 6.13. The Morgan fingerprint density at radius 1 is 1.56 bits per heavy atom. The maximum Gasteiger partial charge on any atom is 0.224 e. The Labute approximate surface area is 114 Å². The van der Waals surface area contributed by atoms with Crippen molar-refractivity contribution >= 4 is 17.2 Å². The molecule has 1 fully saturated rings. The van der Waals surface area contributed by atoms with Crippen LogP contribution in [0.1, 0.15) is 44.9 Å². The van der Waals surface area contributed by atoms with E-state index >= 15 is 0 Å². The van der Waals surface area contributed by atoms with Crippen LogP contribution in [0.5, 0.6) is 0 Å². The van der Waals surface area contributed by atoms with Crippen molar-refractivity contribution in [2.75, 3.05) is 0 Å². The Morgan fingerprint density at radius 3 is 2.94 bits per heavy atom. The summed E-state index contributed by atoms with van der Waals surface area (Å²) >= 11 is 1.70. The molecule has 1 aromatic heterocycles. The van der Waals surface area contributed by atoms with E-state index in [0.717, 1.165) is 6.42 Å². The molecule has 1 N–H and O–H groups in total. The van der Waals surface area contributed by atoms with Gasteiger partial charge >= 0.3 is 0 Å². The van der Waals surface area contributed by atoms with Crippen molar-refractivity contribution in [2.24, 2.45) is 17.3 Å². The molecule has 1 unspecified atom stereocenters. The predicted octanol–water partition coefficient (Wildman–Crippen LogP) is 3.83. The molecule has 0 radical (unpaired) electrons. The molecule has 0 aliphatic heterocycles. The molecule has 2 atom stereocenters. The number of nitrogens with one attached hydrogen (secondary N) is 1. The Balaban J connectivity index is 1.98. The van der Waals surface area contributed by atoms with Gasteiger partial charge in [0.1, 0.15) is 0 Å². The molecule has 1 aliphatic carbocycles. The maximum absolute atomic E-state index is 12.4. The lowest BCUT2D eigenvalue weighted by molar-refractivity contribution is -0.133. The van der Waals surface area contributed by atoms with Crippen molar-refractivity contribution in [3.8, 4) is 0 Å². The summed E-state index contributed by atoms with van der Waals surface area (Å²) in [5.41, 5.74) is 0.136. The van der Waals surface area contributed by atoms with Crippen molar-refractivity contribution in [1.82, 2.24) is 5.32 Å². The van der Waals surface area contributed by atoms with Crippen molar-refractivity contribution < 1.29 is 4.79 Å². The number of thiophene rings is 1. The van der Waals surface area contributed by atoms with E-state index in [1.165, 1.54) is 17.7 Å². The van der Waals surface area contributed by atoms with Crippen molar-refractivity contribution in [3.05, 3.63) is 22.4 Å². The summed E-state index contributed by atoms with van der Waals surface area (Å²) in [5, 5.41) is 5.16. The van der Waals surface area contributed by atoms with Crippen LogP contribution in [0.25, 0.3) is 0 Å². The highest BCUT2D eigenvalue weighted by atomic mass is 32.1. The Bertz CT molecular complexity index is 397. The lowest BCUT2D eigenvalue weighted by Gasteiger charge is -2.41. The number of rotatable bonds is 3. The average molecular weight is 265 g/mol. The quantitative estimate of drug-likeness (QED) is 0.884. The van der Waals surface area contributed by atoms with Gasteiger partial charge in [0, 0.05) is 10.8 Å². The third-order valence-corrected chi connectivity index (χ3v) is 5.07. The van der Waals surface area contributed by atoms with Crippen molar-refractivity contribution in [3.63, 3.8) is 0 Å². The number of carbonyl (C=O) groups excluding carboxylic acids is 1. The molecule has 1 aromatic rings. The average Bonchev–Trinajstić information content (AvgIpc) is 2.77. The van der Waals surface area contributed by atoms with Crippen LogP contribution < -0.4 is 5.32 Å². The number of amides is 1. The summed E-state index contributed by atoms with van der Waals surface area (Å²) in [6.45, 7) is 7.36. The van der Waals surface area contributed by atoms with Gasteiger partial charge in [-0.05, 0) is 35.6 Å². The van der Waals surface area contributed by atoms with Crippen LogP contribution in [-0.2, 0) is 11.3 Å². The predicted molar refractivity (Wildman–Crippen MR) is 76.5 cm³/mol. The molecule has 3 heteroatoms. The number of carbonyl (C=O) groups is 1. The van der Waals surface area contributed by atoms with Crippen LogP contribution >= 0.6 is 11.3 Å². The van der Waals surface area contributed by atoms with Crippen LogP contribution in [-0.4, -0.2) is 5.91 Å². The third-order valence-electron chi connectivity index (χ3n) is 4.19. The van der Waals surface area contributed by atoms with Gasteiger partial charge in [-0.3, -0.25) is 4.79 Å². The highest BCUT2D eigenvalue weighted by Crippen LogP contribution is 2.43. The highest BCUT2D eigenvalue weighted by molar-refractivity contribution is 7.09. The van der Waals surface area contributed by atoms with Gasteiger partial charge in [-0.25, -0.2) is 0 Å². The monoisotopic (exact) mass is 265 g/mol. The lowest BCUT2D eigenvalue weighted by atomic mass is 9.64. The van der Waals surface area contributed by atoms with Gasteiger partial charge in [-0.2, -0.15) is 0 Å². The van der Waals surface area contributed by atoms with E-state index < -0.39 is 0 Å². The molecule has 18 heavy (non-hydrogen) atoms. The van der Waals surface area contributed by atoms with E-state index in [1.54, 1.807) is 11.3 Å². The standard InChI is InChI=1S/C15H23NOS/c1-11-6-4-8-15(2,3)13(11)14(17)16-10-12-7-5-9-18-12/h5,7,9,11,13H,4,6,8,10H2,1-3H3,(H,16,17)/t11-,13?/m1/s1. The first-order chi connectivity index (χ1) is 8.50. The van der Waals surface area contributed by atoms with Crippen LogP contribution in [0, 0.1) is 17.3 Å². The highest BCUT2D eigenvalue weighted by Gasteiger charge is 2.41.